The fourth-order valence-corrected chi connectivity index (χ4v) is 1.70. The second-order valence-electron chi connectivity index (χ2n) is 4.39. The normalized spacial score (nSPS) is 10.1. The first-order chi connectivity index (χ1) is 9.65. The molecule has 0 radical (unpaired) electrons. The average Bonchev–Trinajstić information content (AvgIpc) is 2.43. The maximum atomic E-state index is 11.8. The van der Waals surface area contributed by atoms with Crippen molar-refractivity contribution in [3.63, 3.8) is 0 Å². The topological polar surface area (TPSA) is 77.2 Å². The van der Waals surface area contributed by atoms with Gasteiger partial charge in [-0.3, -0.25) is 4.79 Å². The monoisotopic (exact) mass is 271 g/mol. The van der Waals surface area contributed by atoms with Gasteiger partial charge in [-0.05, 0) is 30.7 Å². The molecule has 1 aromatic carbocycles. The van der Waals surface area contributed by atoms with Gasteiger partial charge in [0.15, 0.2) is 0 Å². The van der Waals surface area contributed by atoms with Gasteiger partial charge in [-0.2, -0.15) is 0 Å². The van der Waals surface area contributed by atoms with Gasteiger partial charge >= 0.3 is 0 Å². The molecule has 2 aromatic rings. The highest BCUT2D eigenvalue weighted by Crippen LogP contribution is 2.14. The second-order valence-corrected chi connectivity index (χ2v) is 4.39. The summed E-state index contributed by atoms with van der Waals surface area (Å²) in [4.78, 5) is 15.9. The number of rotatable bonds is 5. The molecule has 2 rings (SSSR count). The highest BCUT2D eigenvalue weighted by Gasteiger charge is 2.06. The number of carbonyl (C=O) groups excluding carboxylic acids is 1. The Morgan fingerprint density at radius 2 is 2.10 bits per heavy atom. The third kappa shape index (κ3) is 3.98. The van der Waals surface area contributed by atoms with Gasteiger partial charge in [-0.15, -0.1) is 0 Å². The quantitative estimate of drug-likeness (QED) is 0.875. The van der Waals surface area contributed by atoms with Crippen LogP contribution in [0.25, 0.3) is 0 Å². The molecule has 0 aliphatic heterocycles. The van der Waals surface area contributed by atoms with Crippen LogP contribution in [0.1, 0.15) is 12.0 Å². The van der Waals surface area contributed by atoms with Crippen LogP contribution >= 0.6 is 0 Å². The van der Waals surface area contributed by atoms with E-state index in [1.54, 1.807) is 6.07 Å². The molecule has 104 valence electrons. The summed E-state index contributed by atoms with van der Waals surface area (Å²) in [6.45, 7) is 2.17. The highest BCUT2D eigenvalue weighted by molar-refractivity contribution is 5.90. The number of aromatic nitrogens is 1. The van der Waals surface area contributed by atoms with Crippen LogP contribution in [0, 0.1) is 6.92 Å². The minimum Gasteiger partial charge on any atom is -0.493 e. The van der Waals surface area contributed by atoms with Crippen LogP contribution in [0.4, 0.5) is 11.5 Å². The molecule has 3 N–H and O–H groups in total. The highest BCUT2D eigenvalue weighted by atomic mass is 16.5. The van der Waals surface area contributed by atoms with Crippen LogP contribution in [0.5, 0.6) is 5.75 Å². The van der Waals surface area contributed by atoms with E-state index in [4.69, 9.17) is 10.5 Å². The van der Waals surface area contributed by atoms with E-state index in [1.165, 1.54) is 6.20 Å². The Morgan fingerprint density at radius 1 is 1.35 bits per heavy atom. The van der Waals surface area contributed by atoms with E-state index in [2.05, 4.69) is 10.3 Å². The summed E-state index contributed by atoms with van der Waals surface area (Å²) in [5.74, 6) is 1.15. The van der Waals surface area contributed by atoms with Crippen molar-refractivity contribution in [1.82, 2.24) is 4.98 Å². The van der Waals surface area contributed by atoms with Crippen molar-refractivity contribution >= 4 is 17.4 Å². The SMILES string of the molecule is Cc1cc(N)cnc1NC(=O)CCOc1ccccc1. The minimum atomic E-state index is -0.138. The molecule has 0 saturated carbocycles. The molecule has 1 heterocycles. The lowest BCUT2D eigenvalue weighted by atomic mass is 10.2. The van der Waals surface area contributed by atoms with Gasteiger partial charge < -0.3 is 15.8 Å². The van der Waals surface area contributed by atoms with E-state index >= 15 is 0 Å². The molecule has 0 unspecified atom stereocenters. The summed E-state index contributed by atoms with van der Waals surface area (Å²) in [6.07, 6.45) is 1.78. The molecule has 0 spiro atoms. The molecule has 0 fully saturated rings. The molecule has 0 aliphatic carbocycles. The summed E-state index contributed by atoms with van der Waals surface area (Å²) in [5, 5.41) is 2.74. The van der Waals surface area contributed by atoms with Crippen LogP contribution in [-0.2, 0) is 4.79 Å². The van der Waals surface area contributed by atoms with Crippen LogP contribution in [0.15, 0.2) is 42.6 Å². The van der Waals surface area contributed by atoms with Crippen molar-refractivity contribution < 1.29 is 9.53 Å². The first kappa shape index (κ1) is 13.9. The van der Waals surface area contributed by atoms with E-state index in [0.29, 0.717) is 18.1 Å². The third-order valence-corrected chi connectivity index (χ3v) is 2.70. The standard InChI is InChI=1S/C15H17N3O2/c1-11-9-12(16)10-17-15(11)18-14(19)7-8-20-13-5-3-2-4-6-13/h2-6,9-10H,7-8,16H2,1H3,(H,17,18,19). The number of hydrogen-bond donors (Lipinski definition) is 2. The van der Waals surface area contributed by atoms with E-state index in [-0.39, 0.29) is 12.3 Å². The molecule has 20 heavy (non-hydrogen) atoms. The summed E-state index contributed by atoms with van der Waals surface area (Å²) in [7, 11) is 0. The first-order valence-electron chi connectivity index (χ1n) is 6.35. The number of amides is 1. The van der Waals surface area contributed by atoms with Gasteiger partial charge in [-0.1, -0.05) is 18.2 Å². The number of carbonyl (C=O) groups is 1. The molecule has 1 amide bonds. The second kappa shape index (κ2) is 6.56. The number of pyridine rings is 1. The molecule has 5 heteroatoms. The number of para-hydroxylation sites is 1. The lowest BCUT2D eigenvalue weighted by Crippen LogP contribution is -2.16. The number of ether oxygens (including phenoxy) is 1. The van der Waals surface area contributed by atoms with Gasteiger partial charge in [0, 0.05) is 0 Å². The zero-order chi connectivity index (χ0) is 14.4. The fraction of sp³-hybridized carbons (Fsp3) is 0.200. The Bertz CT molecular complexity index is 585. The van der Waals surface area contributed by atoms with Crippen molar-refractivity contribution in [3.05, 3.63) is 48.2 Å². The van der Waals surface area contributed by atoms with E-state index in [1.807, 2.05) is 37.3 Å². The molecule has 1 aromatic heterocycles. The predicted molar refractivity (Wildman–Crippen MR) is 78.6 cm³/mol. The Hall–Kier alpha value is -2.56. The van der Waals surface area contributed by atoms with Crippen molar-refractivity contribution in [1.29, 1.82) is 0 Å². The number of aryl methyl sites for hydroxylation is 1. The number of anilines is 2. The zero-order valence-electron chi connectivity index (χ0n) is 11.3. The Morgan fingerprint density at radius 3 is 2.80 bits per heavy atom. The zero-order valence-corrected chi connectivity index (χ0v) is 11.3. The van der Waals surface area contributed by atoms with E-state index in [0.717, 1.165) is 11.3 Å². The van der Waals surface area contributed by atoms with Gasteiger partial charge in [0.2, 0.25) is 5.91 Å². The summed E-state index contributed by atoms with van der Waals surface area (Å²) < 4.78 is 5.46. The summed E-state index contributed by atoms with van der Waals surface area (Å²) >= 11 is 0. The van der Waals surface area contributed by atoms with Crippen LogP contribution in [0.3, 0.4) is 0 Å². The minimum absolute atomic E-state index is 0.138. The average molecular weight is 271 g/mol. The number of nitrogens with two attached hydrogens (primary N) is 1. The fourth-order valence-electron chi connectivity index (χ4n) is 1.70. The van der Waals surface area contributed by atoms with Crippen molar-refractivity contribution in [3.8, 4) is 5.75 Å². The van der Waals surface area contributed by atoms with Gasteiger partial charge in [0.25, 0.3) is 0 Å². The molecule has 5 nitrogen and oxygen atoms in total. The first-order valence-corrected chi connectivity index (χ1v) is 6.35. The Kier molecular flexibility index (Phi) is 4.55. The van der Waals surface area contributed by atoms with E-state index < -0.39 is 0 Å². The lowest BCUT2D eigenvalue weighted by molar-refractivity contribution is -0.116. The Balaban J connectivity index is 1.81. The van der Waals surface area contributed by atoms with Gasteiger partial charge in [-0.25, -0.2) is 4.98 Å². The largest absolute Gasteiger partial charge is 0.493 e. The number of benzene rings is 1. The maximum Gasteiger partial charge on any atom is 0.228 e. The number of hydrogen-bond acceptors (Lipinski definition) is 4. The van der Waals surface area contributed by atoms with Crippen molar-refractivity contribution in [2.24, 2.45) is 0 Å². The van der Waals surface area contributed by atoms with Crippen molar-refractivity contribution in [2.75, 3.05) is 17.7 Å². The summed E-state index contributed by atoms with van der Waals surface area (Å²) in [5.41, 5.74) is 7.02. The van der Waals surface area contributed by atoms with Crippen molar-refractivity contribution in [2.45, 2.75) is 13.3 Å². The van der Waals surface area contributed by atoms with Crippen LogP contribution in [0.2, 0.25) is 0 Å². The lowest BCUT2D eigenvalue weighted by Gasteiger charge is -2.08. The molecule has 0 atom stereocenters. The summed E-state index contributed by atoms with van der Waals surface area (Å²) in [6, 6.07) is 11.2. The number of nitrogens with zero attached hydrogens (tertiary/aromatic N) is 1. The number of nitrogen functional groups attached to an aromatic ring is 1. The third-order valence-electron chi connectivity index (χ3n) is 2.70. The Labute approximate surface area is 117 Å². The van der Waals surface area contributed by atoms with Crippen LogP contribution in [-0.4, -0.2) is 17.5 Å². The number of nitrogens with one attached hydrogen (secondary N) is 1. The molecular formula is C15H17N3O2. The maximum absolute atomic E-state index is 11.8. The smallest absolute Gasteiger partial charge is 0.228 e. The molecule has 0 saturated heterocycles. The van der Waals surface area contributed by atoms with Gasteiger partial charge in [0.05, 0.1) is 24.9 Å². The molecule has 0 bridgehead atoms. The van der Waals surface area contributed by atoms with Gasteiger partial charge in [0.1, 0.15) is 11.6 Å². The van der Waals surface area contributed by atoms with E-state index in [9.17, 15) is 4.79 Å². The molecule has 0 aliphatic rings. The predicted octanol–water partition coefficient (Wildman–Crippen LogP) is 2.38. The molecular weight excluding hydrogens is 254 g/mol. The van der Waals surface area contributed by atoms with Crippen LogP contribution < -0.4 is 15.8 Å².